The monoisotopic (exact) mass is 425 g/mol. The van der Waals surface area contributed by atoms with Gasteiger partial charge in [-0.3, -0.25) is 4.79 Å². The molecule has 6 heteroatoms. The lowest BCUT2D eigenvalue weighted by Crippen LogP contribution is -2.41. The molecule has 4 rings (SSSR count). The minimum Gasteiger partial charge on any atom is -0.339 e. The minimum absolute atomic E-state index is 0.202. The van der Waals surface area contributed by atoms with Crippen LogP contribution in [0.3, 0.4) is 0 Å². The molecule has 0 spiro atoms. The molecule has 3 aromatic rings. The van der Waals surface area contributed by atoms with E-state index in [1.807, 2.05) is 49.6 Å². The molecule has 1 fully saturated rings. The highest BCUT2D eigenvalue weighted by atomic mass is 35.5. The van der Waals surface area contributed by atoms with E-state index in [1.54, 1.807) is 6.20 Å². The van der Waals surface area contributed by atoms with E-state index in [0.717, 1.165) is 29.1 Å². The molecule has 1 N–H and O–H groups in total. The predicted octanol–water partition coefficient (Wildman–Crippen LogP) is 6.18. The van der Waals surface area contributed by atoms with E-state index in [9.17, 15) is 4.79 Å². The fraction of sp³-hybridized carbons (Fsp3) is 0.348. The van der Waals surface area contributed by atoms with E-state index in [4.69, 9.17) is 16.6 Å². The van der Waals surface area contributed by atoms with Crippen molar-refractivity contribution >= 4 is 28.8 Å². The molecule has 0 bridgehead atoms. The van der Waals surface area contributed by atoms with E-state index in [0.29, 0.717) is 16.6 Å². The molecular weight excluding hydrogens is 402 g/mol. The van der Waals surface area contributed by atoms with Crippen LogP contribution in [0.15, 0.2) is 48.0 Å². The average molecular weight is 426 g/mol. The van der Waals surface area contributed by atoms with Crippen LogP contribution in [0.25, 0.3) is 11.3 Å². The Morgan fingerprint density at radius 3 is 2.69 bits per heavy atom. The first-order valence-electron chi connectivity index (χ1n) is 9.93. The van der Waals surface area contributed by atoms with Crippen molar-refractivity contribution in [3.05, 3.63) is 69.3 Å². The predicted molar refractivity (Wildman–Crippen MR) is 118 cm³/mol. The Labute approximate surface area is 180 Å². The van der Waals surface area contributed by atoms with Gasteiger partial charge in [-0.15, -0.1) is 11.3 Å². The molecule has 0 saturated heterocycles. The molecular formula is C23H24ClN3OS. The molecule has 1 aliphatic rings. The number of nitrogens with one attached hydrogen (secondary N) is 1. The number of hydrogen-bond donors (Lipinski definition) is 1. The third-order valence-corrected chi connectivity index (χ3v) is 6.78. The van der Waals surface area contributed by atoms with Gasteiger partial charge in [-0.05, 0) is 56.4 Å². The van der Waals surface area contributed by atoms with Crippen molar-refractivity contribution in [3.63, 3.8) is 0 Å². The lowest BCUT2D eigenvalue weighted by Gasteiger charge is -2.24. The lowest BCUT2D eigenvalue weighted by molar-refractivity contribution is 0.0907. The number of hydrogen-bond acceptors (Lipinski definition) is 4. The third kappa shape index (κ3) is 4.36. The van der Waals surface area contributed by atoms with E-state index in [-0.39, 0.29) is 5.91 Å². The molecule has 0 atom stereocenters. The molecule has 2 heterocycles. The number of rotatable bonds is 5. The molecule has 0 aliphatic heterocycles. The highest BCUT2D eigenvalue weighted by molar-refractivity contribution is 7.09. The van der Waals surface area contributed by atoms with Crippen molar-refractivity contribution < 1.29 is 4.79 Å². The van der Waals surface area contributed by atoms with Crippen molar-refractivity contribution in [2.75, 3.05) is 0 Å². The van der Waals surface area contributed by atoms with Crippen LogP contribution in [0.5, 0.6) is 0 Å². The van der Waals surface area contributed by atoms with Gasteiger partial charge in [0.25, 0.3) is 5.91 Å². The highest BCUT2D eigenvalue weighted by Gasteiger charge is 2.28. The average Bonchev–Trinajstić information content (AvgIpc) is 3.41. The molecule has 29 heavy (non-hydrogen) atoms. The maximum Gasteiger partial charge on any atom is 0.270 e. The van der Waals surface area contributed by atoms with Crippen molar-refractivity contribution in [3.8, 4) is 11.3 Å². The second-order valence-electron chi connectivity index (χ2n) is 8.04. The Kier molecular flexibility index (Phi) is 5.70. The normalized spacial score (nSPS) is 14.9. The molecule has 1 amide bonds. The van der Waals surface area contributed by atoms with Crippen LogP contribution < -0.4 is 5.32 Å². The Bertz CT molecular complexity index is 1010. The summed E-state index contributed by atoms with van der Waals surface area (Å²) < 4.78 is 0. The fourth-order valence-corrected chi connectivity index (χ4v) is 4.87. The summed E-state index contributed by atoms with van der Waals surface area (Å²) in [6.45, 7) is 3.91. The number of thiazole rings is 1. The quantitative estimate of drug-likeness (QED) is 0.530. The Morgan fingerprint density at radius 1 is 1.21 bits per heavy atom. The number of carbonyl (C=O) groups is 1. The van der Waals surface area contributed by atoms with Gasteiger partial charge in [0.2, 0.25) is 0 Å². The molecule has 1 saturated carbocycles. The molecule has 0 radical (unpaired) electrons. The van der Waals surface area contributed by atoms with Crippen molar-refractivity contribution in [2.45, 2.75) is 51.0 Å². The van der Waals surface area contributed by atoms with Gasteiger partial charge in [0.05, 0.1) is 11.2 Å². The molecule has 2 aromatic heterocycles. The van der Waals surface area contributed by atoms with Crippen molar-refractivity contribution in [1.82, 2.24) is 15.3 Å². The highest BCUT2D eigenvalue weighted by Crippen LogP contribution is 2.39. The number of pyridine rings is 1. The van der Waals surface area contributed by atoms with Crippen LogP contribution in [0, 0.1) is 0 Å². The summed E-state index contributed by atoms with van der Waals surface area (Å²) in [5.74, 6) is 0.284. The minimum atomic E-state index is -0.562. The second-order valence-corrected chi connectivity index (χ2v) is 9.37. The second kappa shape index (κ2) is 8.25. The van der Waals surface area contributed by atoms with Gasteiger partial charge in [-0.2, -0.15) is 0 Å². The smallest absolute Gasteiger partial charge is 0.270 e. The number of halogens is 1. The lowest BCUT2D eigenvalue weighted by atomic mass is 9.92. The van der Waals surface area contributed by atoms with E-state index < -0.39 is 5.54 Å². The first-order chi connectivity index (χ1) is 13.9. The standard InChI is InChI=1S/C23H24ClN3OS/c1-23(2,22-25-12-13-29-22)27-21(28)19-11-10-18(15-6-3-4-7-15)20(26-19)16-8-5-9-17(24)14-16/h5,8-15H,3-4,6-7H2,1-2H3,(H,27,28). The summed E-state index contributed by atoms with van der Waals surface area (Å²) in [4.78, 5) is 22.2. The number of amides is 1. The van der Waals surface area contributed by atoms with Crippen LogP contribution in [-0.4, -0.2) is 15.9 Å². The molecule has 0 unspecified atom stereocenters. The van der Waals surface area contributed by atoms with Gasteiger partial charge >= 0.3 is 0 Å². The zero-order valence-corrected chi connectivity index (χ0v) is 18.2. The summed E-state index contributed by atoms with van der Waals surface area (Å²) >= 11 is 7.77. The first-order valence-corrected chi connectivity index (χ1v) is 11.2. The maximum absolute atomic E-state index is 13.0. The van der Waals surface area contributed by atoms with Gasteiger partial charge in [-0.1, -0.05) is 42.6 Å². The Hall–Kier alpha value is -2.24. The van der Waals surface area contributed by atoms with Gasteiger partial charge in [-0.25, -0.2) is 9.97 Å². The largest absolute Gasteiger partial charge is 0.339 e. The molecule has 150 valence electrons. The topological polar surface area (TPSA) is 54.9 Å². The van der Waals surface area contributed by atoms with Crippen LogP contribution >= 0.6 is 22.9 Å². The van der Waals surface area contributed by atoms with Crippen LogP contribution in [0.4, 0.5) is 0 Å². The Morgan fingerprint density at radius 2 is 2.00 bits per heavy atom. The maximum atomic E-state index is 13.0. The van der Waals surface area contributed by atoms with Crippen molar-refractivity contribution in [1.29, 1.82) is 0 Å². The van der Waals surface area contributed by atoms with E-state index >= 15 is 0 Å². The zero-order valence-electron chi connectivity index (χ0n) is 16.6. The van der Waals surface area contributed by atoms with Crippen LogP contribution in [0.2, 0.25) is 5.02 Å². The molecule has 1 aromatic carbocycles. The summed E-state index contributed by atoms with van der Waals surface area (Å²) in [6, 6.07) is 11.6. The summed E-state index contributed by atoms with van der Waals surface area (Å²) in [5, 5.41) is 6.52. The van der Waals surface area contributed by atoms with Gasteiger partial charge in [0.15, 0.2) is 0 Å². The van der Waals surface area contributed by atoms with Crippen LogP contribution in [-0.2, 0) is 5.54 Å². The summed E-state index contributed by atoms with van der Waals surface area (Å²) in [6.07, 6.45) is 6.56. The first kappa shape index (κ1) is 20.0. The number of aromatic nitrogens is 2. The number of nitrogens with zero attached hydrogens (tertiary/aromatic N) is 2. The fourth-order valence-electron chi connectivity index (χ4n) is 3.96. The van der Waals surface area contributed by atoms with E-state index in [2.05, 4.69) is 16.4 Å². The SMILES string of the molecule is CC(C)(NC(=O)c1ccc(C2CCCC2)c(-c2cccc(Cl)c2)n1)c1nccs1. The van der Waals surface area contributed by atoms with Gasteiger partial charge < -0.3 is 5.32 Å². The molecule has 1 aliphatic carbocycles. The summed E-state index contributed by atoms with van der Waals surface area (Å²) in [7, 11) is 0. The number of carbonyl (C=O) groups excluding carboxylic acids is 1. The van der Waals surface area contributed by atoms with Gasteiger partial charge in [0.1, 0.15) is 10.7 Å². The van der Waals surface area contributed by atoms with Gasteiger partial charge in [0, 0.05) is 22.2 Å². The van der Waals surface area contributed by atoms with Crippen molar-refractivity contribution in [2.24, 2.45) is 0 Å². The summed E-state index contributed by atoms with van der Waals surface area (Å²) in [5.41, 5.74) is 2.87. The third-order valence-electron chi connectivity index (χ3n) is 5.45. The zero-order chi connectivity index (χ0) is 20.4. The van der Waals surface area contributed by atoms with Crippen LogP contribution in [0.1, 0.15) is 66.5 Å². The number of benzene rings is 1. The molecule has 4 nitrogen and oxygen atoms in total. The van der Waals surface area contributed by atoms with E-state index in [1.165, 1.54) is 29.7 Å². The Balaban J connectivity index is 1.69.